The summed E-state index contributed by atoms with van der Waals surface area (Å²) >= 11 is 0. The molecule has 0 atom stereocenters. The number of aliphatic hydroxyl groups is 1. The number of rotatable bonds is 8. The Bertz CT molecular complexity index is 510. The monoisotopic (exact) mass is 299 g/mol. The third-order valence-electron chi connectivity index (χ3n) is 3.61. The second-order valence-electron chi connectivity index (χ2n) is 4.76. The first-order chi connectivity index (χ1) is 9.51. The third-order valence-corrected chi connectivity index (χ3v) is 5.39. The van der Waals surface area contributed by atoms with Gasteiger partial charge in [0.2, 0.25) is 0 Å². The zero-order valence-corrected chi connectivity index (χ0v) is 13.4. The average Bonchev–Trinajstić information content (AvgIpc) is 2.47. The van der Waals surface area contributed by atoms with Crippen molar-refractivity contribution in [2.45, 2.75) is 44.6 Å². The van der Waals surface area contributed by atoms with Gasteiger partial charge < -0.3 is 10.0 Å². The Balaban J connectivity index is 3.34. The van der Waals surface area contributed by atoms with E-state index in [1.807, 2.05) is 17.0 Å². The van der Waals surface area contributed by atoms with Crippen LogP contribution in [0.1, 0.15) is 33.6 Å². The maximum absolute atomic E-state index is 12.2. The predicted octanol–water partition coefficient (Wildman–Crippen LogP) is 2.47. The number of anilines is 1. The van der Waals surface area contributed by atoms with Gasteiger partial charge >= 0.3 is 0 Å². The highest BCUT2D eigenvalue weighted by atomic mass is 32.2. The van der Waals surface area contributed by atoms with Crippen molar-refractivity contribution in [2.75, 3.05) is 23.8 Å². The molecule has 1 rings (SSSR count). The van der Waals surface area contributed by atoms with Gasteiger partial charge in [-0.1, -0.05) is 32.9 Å². The minimum atomic E-state index is -3.27. The molecular weight excluding hydrogens is 274 g/mol. The molecule has 0 heterocycles. The molecule has 0 fully saturated rings. The second-order valence-corrected chi connectivity index (χ2v) is 7.01. The molecule has 0 amide bonds. The topological polar surface area (TPSA) is 57.6 Å². The smallest absolute Gasteiger partial charge is 0.180 e. The van der Waals surface area contributed by atoms with Gasteiger partial charge in [-0.15, -0.1) is 0 Å². The van der Waals surface area contributed by atoms with Crippen molar-refractivity contribution in [2.24, 2.45) is 0 Å². The second kappa shape index (κ2) is 7.64. The van der Waals surface area contributed by atoms with Crippen molar-refractivity contribution >= 4 is 15.5 Å². The largest absolute Gasteiger partial charge is 0.395 e. The van der Waals surface area contributed by atoms with Gasteiger partial charge in [0.25, 0.3) is 0 Å². The lowest BCUT2D eigenvalue weighted by atomic mass is 10.1. The summed E-state index contributed by atoms with van der Waals surface area (Å²) in [7, 11) is -3.27. The molecule has 0 saturated carbocycles. The predicted molar refractivity (Wildman–Crippen MR) is 83.0 cm³/mol. The molecule has 0 saturated heterocycles. The van der Waals surface area contributed by atoms with Gasteiger partial charge in [-0.25, -0.2) is 8.42 Å². The highest BCUT2D eigenvalue weighted by molar-refractivity contribution is 7.91. The number of sulfone groups is 1. The van der Waals surface area contributed by atoms with E-state index in [0.717, 1.165) is 12.8 Å². The van der Waals surface area contributed by atoms with Gasteiger partial charge in [-0.05, 0) is 25.0 Å². The number of nitrogens with zero attached hydrogens (tertiary/aromatic N) is 1. The van der Waals surface area contributed by atoms with Crippen molar-refractivity contribution in [1.29, 1.82) is 0 Å². The minimum absolute atomic E-state index is 0.0109. The fourth-order valence-electron chi connectivity index (χ4n) is 2.45. The third kappa shape index (κ3) is 3.73. The lowest BCUT2D eigenvalue weighted by Gasteiger charge is -2.33. The van der Waals surface area contributed by atoms with Crippen molar-refractivity contribution in [3.63, 3.8) is 0 Å². The molecule has 0 unspecified atom stereocenters. The highest BCUT2D eigenvalue weighted by Gasteiger charge is 2.23. The molecule has 0 spiro atoms. The first-order valence-corrected chi connectivity index (χ1v) is 8.86. The molecule has 114 valence electrons. The zero-order chi connectivity index (χ0) is 15.2. The summed E-state index contributed by atoms with van der Waals surface area (Å²) in [6, 6.07) is 7.31. The molecule has 0 aromatic heterocycles. The van der Waals surface area contributed by atoms with Crippen LogP contribution in [-0.2, 0) is 9.84 Å². The van der Waals surface area contributed by atoms with Gasteiger partial charge in [0, 0.05) is 12.6 Å². The van der Waals surface area contributed by atoms with Crippen molar-refractivity contribution in [3.8, 4) is 0 Å². The SMILES string of the molecule is CCC(CC)N(CCO)c1ccccc1S(=O)(=O)CC. The standard InChI is InChI=1S/C15H25NO3S/c1-4-13(5-2)16(11-12-17)14-9-7-8-10-15(14)20(18,19)6-3/h7-10,13,17H,4-6,11-12H2,1-3H3. The van der Waals surface area contributed by atoms with Crippen LogP contribution in [0.4, 0.5) is 5.69 Å². The average molecular weight is 299 g/mol. The minimum Gasteiger partial charge on any atom is -0.395 e. The summed E-state index contributed by atoms with van der Waals surface area (Å²) in [4.78, 5) is 2.38. The maximum Gasteiger partial charge on any atom is 0.180 e. The summed E-state index contributed by atoms with van der Waals surface area (Å²) in [6.07, 6.45) is 1.83. The molecule has 4 nitrogen and oxygen atoms in total. The van der Waals surface area contributed by atoms with Crippen LogP contribution in [0.3, 0.4) is 0 Å². The van der Waals surface area contributed by atoms with E-state index >= 15 is 0 Å². The molecule has 0 bridgehead atoms. The summed E-state index contributed by atoms with van der Waals surface area (Å²) in [5, 5.41) is 9.30. The van der Waals surface area contributed by atoms with Crippen LogP contribution in [0, 0.1) is 0 Å². The molecule has 20 heavy (non-hydrogen) atoms. The van der Waals surface area contributed by atoms with Crippen molar-refractivity contribution in [3.05, 3.63) is 24.3 Å². The first kappa shape index (κ1) is 17.0. The molecule has 5 heteroatoms. The van der Waals surface area contributed by atoms with Gasteiger partial charge in [0.1, 0.15) is 0 Å². The Morgan fingerprint density at radius 3 is 2.25 bits per heavy atom. The first-order valence-electron chi connectivity index (χ1n) is 7.21. The van der Waals surface area contributed by atoms with E-state index in [9.17, 15) is 13.5 Å². The van der Waals surface area contributed by atoms with Crippen molar-refractivity contribution in [1.82, 2.24) is 0 Å². The quantitative estimate of drug-likeness (QED) is 0.801. The van der Waals surface area contributed by atoms with E-state index in [4.69, 9.17) is 0 Å². The Hall–Kier alpha value is -1.07. The van der Waals surface area contributed by atoms with Crippen molar-refractivity contribution < 1.29 is 13.5 Å². The molecule has 0 aliphatic rings. The Morgan fingerprint density at radius 2 is 1.75 bits per heavy atom. The summed E-state index contributed by atoms with van der Waals surface area (Å²) in [6.45, 7) is 6.27. The van der Waals surface area contributed by atoms with Crippen LogP contribution >= 0.6 is 0 Å². The highest BCUT2D eigenvalue weighted by Crippen LogP contribution is 2.28. The molecular formula is C15H25NO3S. The molecule has 0 aliphatic heterocycles. The van der Waals surface area contributed by atoms with Crippen LogP contribution in [0.5, 0.6) is 0 Å². The van der Waals surface area contributed by atoms with E-state index < -0.39 is 9.84 Å². The zero-order valence-electron chi connectivity index (χ0n) is 12.5. The number of hydrogen-bond acceptors (Lipinski definition) is 4. The van der Waals surface area contributed by atoms with E-state index in [1.54, 1.807) is 19.1 Å². The van der Waals surface area contributed by atoms with Gasteiger partial charge in [-0.3, -0.25) is 0 Å². The maximum atomic E-state index is 12.2. The van der Waals surface area contributed by atoms with Crippen LogP contribution < -0.4 is 4.90 Å². The number of hydrogen-bond donors (Lipinski definition) is 1. The molecule has 1 aromatic rings. The van der Waals surface area contributed by atoms with Crippen LogP contribution in [-0.4, -0.2) is 38.5 Å². The number of para-hydroxylation sites is 1. The van der Waals surface area contributed by atoms with Crippen LogP contribution in [0.25, 0.3) is 0 Å². The molecule has 0 radical (unpaired) electrons. The van der Waals surface area contributed by atoms with E-state index in [0.29, 0.717) is 17.1 Å². The Labute approximate surface area is 122 Å². The normalized spacial score (nSPS) is 11.8. The van der Waals surface area contributed by atoms with E-state index in [2.05, 4.69) is 13.8 Å². The lowest BCUT2D eigenvalue weighted by molar-refractivity contribution is 0.295. The molecule has 1 N–H and O–H groups in total. The molecule has 0 aliphatic carbocycles. The fourth-order valence-corrected chi connectivity index (χ4v) is 3.55. The van der Waals surface area contributed by atoms with E-state index in [1.165, 1.54) is 0 Å². The van der Waals surface area contributed by atoms with Crippen LogP contribution in [0.15, 0.2) is 29.2 Å². The number of aliphatic hydroxyl groups excluding tert-OH is 1. The summed E-state index contributed by atoms with van der Waals surface area (Å²) in [5.41, 5.74) is 0.706. The Morgan fingerprint density at radius 1 is 1.15 bits per heavy atom. The van der Waals surface area contributed by atoms with Gasteiger partial charge in [0.15, 0.2) is 9.84 Å². The van der Waals surface area contributed by atoms with E-state index in [-0.39, 0.29) is 18.4 Å². The summed E-state index contributed by atoms with van der Waals surface area (Å²) < 4.78 is 24.5. The lowest BCUT2D eigenvalue weighted by Crippen LogP contribution is -2.37. The number of benzene rings is 1. The van der Waals surface area contributed by atoms with Gasteiger partial charge in [-0.2, -0.15) is 0 Å². The fraction of sp³-hybridized carbons (Fsp3) is 0.600. The van der Waals surface area contributed by atoms with Gasteiger partial charge in [0.05, 0.1) is 22.9 Å². The Kier molecular flexibility index (Phi) is 6.49. The summed E-state index contributed by atoms with van der Waals surface area (Å²) in [5.74, 6) is 0.0832. The molecule has 1 aromatic carbocycles. The van der Waals surface area contributed by atoms with Crippen LogP contribution in [0.2, 0.25) is 0 Å².